The Morgan fingerprint density at radius 2 is 1.61 bits per heavy atom. The van der Waals surface area contributed by atoms with E-state index in [1.54, 1.807) is 55.5 Å². The lowest BCUT2D eigenvalue weighted by Crippen LogP contribution is -2.15. The van der Waals surface area contributed by atoms with Gasteiger partial charge in [0, 0.05) is 16.9 Å². The van der Waals surface area contributed by atoms with Gasteiger partial charge in [-0.25, -0.2) is 9.59 Å². The third kappa shape index (κ3) is 6.42. The number of carbonyl (C=O) groups is 3. The van der Waals surface area contributed by atoms with Crippen LogP contribution in [0.25, 0.3) is 0 Å². The van der Waals surface area contributed by atoms with Gasteiger partial charge in [-0.15, -0.1) is 0 Å². The summed E-state index contributed by atoms with van der Waals surface area (Å²) in [5.74, 6) is -0.727. The van der Waals surface area contributed by atoms with Crippen molar-refractivity contribution in [3.05, 3.63) is 59.7 Å². The lowest BCUT2D eigenvalue weighted by Gasteiger charge is -2.09. The highest BCUT2D eigenvalue weighted by Crippen LogP contribution is 2.15. The van der Waals surface area contributed by atoms with Gasteiger partial charge in [0.25, 0.3) is 5.91 Å². The van der Waals surface area contributed by atoms with E-state index in [2.05, 4.69) is 10.6 Å². The predicted molar refractivity (Wildman–Crippen MR) is 107 cm³/mol. The van der Waals surface area contributed by atoms with Gasteiger partial charge in [-0.2, -0.15) is 0 Å². The molecular formula is C21H24N2O5. The Morgan fingerprint density at radius 1 is 0.857 bits per heavy atom. The molecule has 7 nitrogen and oxygen atoms in total. The molecular weight excluding hydrogens is 360 g/mol. The highest BCUT2D eigenvalue weighted by atomic mass is 16.5. The van der Waals surface area contributed by atoms with E-state index < -0.39 is 6.09 Å². The van der Waals surface area contributed by atoms with Crippen molar-refractivity contribution in [3.8, 4) is 0 Å². The number of amides is 2. The number of benzene rings is 2. The van der Waals surface area contributed by atoms with E-state index in [9.17, 15) is 14.4 Å². The van der Waals surface area contributed by atoms with Crippen molar-refractivity contribution < 1.29 is 23.9 Å². The van der Waals surface area contributed by atoms with Gasteiger partial charge >= 0.3 is 12.1 Å². The largest absolute Gasteiger partial charge is 0.462 e. The van der Waals surface area contributed by atoms with Crippen LogP contribution in [0.15, 0.2) is 48.5 Å². The van der Waals surface area contributed by atoms with Crippen LogP contribution in [0.5, 0.6) is 0 Å². The summed E-state index contributed by atoms with van der Waals surface area (Å²) in [6.07, 6.45) is 1.19. The normalized spacial score (nSPS) is 10.1. The zero-order chi connectivity index (χ0) is 20.4. The Balaban J connectivity index is 1.97. The molecule has 0 radical (unpaired) electrons. The highest BCUT2D eigenvalue weighted by Gasteiger charge is 2.10. The van der Waals surface area contributed by atoms with Gasteiger partial charge in [0.1, 0.15) is 0 Å². The Bertz CT molecular complexity index is 818. The first-order valence-corrected chi connectivity index (χ1v) is 9.15. The van der Waals surface area contributed by atoms with E-state index in [4.69, 9.17) is 9.47 Å². The van der Waals surface area contributed by atoms with Gasteiger partial charge in [0.2, 0.25) is 0 Å². The molecule has 0 unspecified atom stereocenters. The van der Waals surface area contributed by atoms with E-state index in [1.807, 2.05) is 6.92 Å². The number of anilines is 2. The van der Waals surface area contributed by atoms with E-state index in [1.165, 1.54) is 0 Å². The molecule has 2 rings (SSSR count). The Hall–Kier alpha value is -3.35. The smallest absolute Gasteiger partial charge is 0.411 e. The van der Waals surface area contributed by atoms with Crippen LogP contribution >= 0.6 is 0 Å². The monoisotopic (exact) mass is 384 g/mol. The molecule has 0 fully saturated rings. The quantitative estimate of drug-likeness (QED) is 0.517. The van der Waals surface area contributed by atoms with Gasteiger partial charge < -0.3 is 14.8 Å². The van der Waals surface area contributed by atoms with E-state index in [-0.39, 0.29) is 18.5 Å². The topological polar surface area (TPSA) is 93.7 Å². The SMILES string of the molecule is CCCCOC(=O)c1ccc(NC(=O)c2cccc(NC(=O)OCC)c2)cc1. The molecule has 7 heteroatoms. The molecule has 2 aromatic carbocycles. The Kier molecular flexibility index (Phi) is 8.02. The molecule has 0 saturated carbocycles. The summed E-state index contributed by atoms with van der Waals surface area (Å²) < 4.78 is 9.96. The minimum atomic E-state index is -0.582. The maximum Gasteiger partial charge on any atom is 0.411 e. The van der Waals surface area contributed by atoms with Crippen molar-refractivity contribution in [2.45, 2.75) is 26.7 Å². The number of carbonyl (C=O) groups excluding carboxylic acids is 3. The molecule has 28 heavy (non-hydrogen) atoms. The minimum Gasteiger partial charge on any atom is -0.462 e. The number of unbranched alkanes of at least 4 members (excludes halogenated alkanes) is 1. The predicted octanol–water partition coefficient (Wildman–Crippen LogP) is 4.46. The van der Waals surface area contributed by atoms with Crippen LogP contribution in [0.3, 0.4) is 0 Å². The summed E-state index contributed by atoms with van der Waals surface area (Å²) in [6, 6.07) is 13.0. The number of nitrogens with one attached hydrogen (secondary N) is 2. The first-order valence-electron chi connectivity index (χ1n) is 9.15. The van der Waals surface area contributed by atoms with Gasteiger partial charge in [0.15, 0.2) is 0 Å². The standard InChI is InChI=1S/C21H24N2O5/c1-3-5-13-28-20(25)15-9-11-17(12-10-15)22-19(24)16-7-6-8-18(14-16)23-21(26)27-4-2/h6-12,14H,3-5,13H2,1-2H3,(H,22,24)(H,23,26). The van der Waals surface area contributed by atoms with Crippen LogP contribution in [0.1, 0.15) is 47.4 Å². The minimum absolute atomic E-state index is 0.258. The Labute approximate surface area is 164 Å². The van der Waals surface area contributed by atoms with E-state index in [0.29, 0.717) is 29.1 Å². The second-order valence-corrected chi connectivity index (χ2v) is 5.95. The fourth-order valence-corrected chi connectivity index (χ4v) is 2.31. The summed E-state index contributed by atoms with van der Waals surface area (Å²) in [5.41, 5.74) is 1.79. The molecule has 2 amide bonds. The van der Waals surface area contributed by atoms with Crippen LogP contribution in [0, 0.1) is 0 Å². The van der Waals surface area contributed by atoms with Gasteiger partial charge in [-0.05, 0) is 55.8 Å². The molecule has 2 aromatic rings. The van der Waals surface area contributed by atoms with Gasteiger partial charge in [0.05, 0.1) is 18.8 Å². The number of rotatable bonds is 8. The van der Waals surface area contributed by atoms with Crippen LogP contribution in [-0.4, -0.2) is 31.2 Å². The highest BCUT2D eigenvalue weighted by molar-refractivity contribution is 6.05. The lowest BCUT2D eigenvalue weighted by molar-refractivity contribution is 0.0499. The summed E-state index contributed by atoms with van der Waals surface area (Å²) in [4.78, 5) is 35.8. The number of ether oxygens (including phenoxy) is 2. The van der Waals surface area contributed by atoms with Crippen molar-refractivity contribution in [1.82, 2.24) is 0 Å². The first kappa shape index (κ1) is 21.0. The summed E-state index contributed by atoms with van der Waals surface area (Å²) >= 11 is 0. The molecule has 0 heterocycles. The maximum atomic E-state index is 12.4. The zero-order valence-electron chi connectivity index (χ0n) is 16.0. The fourth-order valence-electron chi connectivity index (χ4n) is 2.31. The van der Waals surface area contributed by atoms with Crippen LogP contribution in [0.2, 0.25) is 0 Å². The first-order chi connectivity index (χ1) is 13.5. The average molecular weight is 384 g/mol. The zero-order valence-corrected chi connectivity index (χ0v) is 16.0. The molecule has 0 spiro atoms. The molecule has 0 saturated heterocycles. The van der Waals surface area contributed by atoms with Crippen molar-refractivity contribution in [3.63, 3.8) is 0 Å². The third-order valence-corrected chi connectivity index (χ3v) is 3.76. The lowest BCUT2D eigenvalue weighted by atomic mass is 10.1. The second kappa shape index (κ2) is 10.7. The van der Waals surface area contributed by atoms with Crippen molar-refractivity contribution in [1.29, 1.82) is 0 Å². The van der Waals surface area contributed by atoms with E-state index >= 15 is 0 Å². The average Bonchev–Trinajstić information content (AvgIpc) is 2.69. The number of hydrogen-bond donors (Lipinski definition) is 2. The fraction of sp³-hybridized carbons (Fsp3) is 0.286. The molecule has 0 aliphatic carbocycles. The van der Waals surface area contributed by atoms with Crippen molar-refractivity contribution in [2.75, 3.05) is 23.8 Å². The van der Waals surface area contributed by atoms with Crippen LogP contribution in [-0.2, 0) is 9.47 Å². The third-order valence-electron chi connectivity index (χ3n) is 3.76. The van der Waals surface area contributed by atoms with Gasteiger partial charge in [-0.1, -0.05) is 19.4 Å². The maximum absolute atomic E-state index is 12.4. The van der Waals surface area contributed by atoms with Crippen LogP contribution < -0.4 is 10.6 Å². The number of hydrogen-bond acceptors (Lipinski definition) is 5. The van der Waals surface area contributed by atoms with Crippen molar-refractivity contribution in [2.24, 2.45) is 0 Å². The molecule has 0 bridgehead atoms. The van der Waals surface area contributed by atoms with E-state index in [0.717, 1.165) is 12.8 Å². The summed E-state index contributed by atoms with van der Waals surface area (Å²) in [7, 11) is 0. The molecule has 2 N–H and O–H groups in total. The number of esters is 1. The molecule has 0 atom stereocenters. The molecule has 0 aliphatic rings. The van der Waals surface area contributed by atoms with Crippen molar-refractivity contribution >= 4 is 29.3 Å². The van der Waals surface area contributed by atoms with Crippen LogP contribution in [0.4, 0.5) is 16.2 Å². The van der Waals surface area contributed by atoms with Gasteiger partial charge in [-0.3, -0.25) is 10.1 Å². The molecule has 0 aromatic heterocycles. The summed E-state index contributed by atoms with van der Waals surface area (Å²) in [5, 5.41) is 5.30. The summed E-state index contributed by atoms with van der Waals surface area (Å²) in [6.45, 7) is 4.38. The molecule has 0 aliphatic heterocycles. The second-order valence-electron chi connectivity index (χ2n) is 5.95. The Morgan fingerprint density at radius 3 is 2.29 bits per heavy atom. The molecule has 148 valence electrons.